The topological polar surface area (TPSA) is 42.0 Å². The predicted molar refractivity (Wildman–Crippen MR) is 67.5 cm³/mol. The van der Waals surface area contributed by atoms with E-state index in [1.54, 1.807) is 13.0 Å². The van der Waals surface area contributed by atoms with Gasteiger partial charge in [-0.15, -0.1) is 6.42 Å². The lowest BCUT2D eigenvalue weighted by Gasteiger charge is -2.07. The molecule has 0 aliphatic rings. The molecular weight excluding hydrogens is 212 g/mol. The van der Waals surface area contributed by atoms with E-state index in [0.29, 0.717) is 5.69 Å². The number of amides is 1. The first-order chi connectivity index (χ1) is 8.20. The number of rotatable bonds is 2. The van der Waals surface area contributed by atoms with E-state index in [4.69, 9.17) is 6.42 Å². The molecule has 0 saturated carbocycles. The number of terminal acetylenes is 1. The summed E-state index contributed by atoms with van der Waals surface area (Å²) in [5.41, 5.74) is 1.18. The van der Waals surface area contributed by atoms with Crippen LogP contribution >= 0.6 is 0 Å². The molecule has 0 spiro atoms. The van der Waals surface area contributed by atoms with Crippen LogP contribution in [-0.2, 0) is 0 Å². The van der Waals surface area contributed by atoms with Gasteiger partial charge in [-0.25, -0.2) is 4.98 Å². The molecule has 1 aromatic carbocycles. The van der Waals surface area contributed by atoms with Crippen LogP contribution < -0.4 is 5.32 Å². The van der Waals surface area contributed by atoms with E-state index in [-0.39, 0.29) is 11.9 Å². The Bertz CT molecular complexity index is 598. The molecule has 3 nitrogen and oxygen atoms in total. The third-order valence-corrected chi connectivity index (χ3v) is 2.43. The largest absolute Gasteiger partial charge is 0.337 e. The average Bonchev–Trinajstić information content (AvgIpc) is 2.38. The summed E-state index contributed by atoms with van der Waals surface area (Å²) in [5.74, 6) is 2.19. The second kappa shape index (κ2) is 4.67. The molecule has 1 aromatic heterocycles. The van der Waals surface area contributed by atoms with Gasteiger partial charge >= 0.3 is 0 Å². The minimum atomic E-state index is -0.296. The van der Waals surface area contributed by atoms with Gasteiger partial charge in [-0.2, -0.15) is 0 Å². The molecule has 1 amide bonds. The number of para-hydroxylation sites is 1. The predicted octanol–water partition coefficient (Wildman–Crippen LogP) is 1.99. The standard InChI is InChI=1S/C14H12N2O/c1-3-10(2)15-14(17)13-9-8-11-6-4-5-7-12(11)16-13/h1,4-10H,2H3,(H,15,17). The maximum atomic E-state index is 11.8. The maximum absolute atomic E-state index is 11.8. The zero-order valence-corrected chi connectivity index (χ0v) is 9.47. The second-order valence-electron chi connectivity index (χ2n) is 3.75. The van der Waals surface area contributed by atoms with Crippen molar-refractivity contribution in [3.8, 4) is 12.3 Å². The Labute approximate surface area is 99.9 Å². The van der Waals surface area contributed by atoms with Crippen LogP contribution in [0.3, 0.4) is 0 Å². The van der Waals surface area contributed by atoms with Gasteiger partial charge in [0.05, 0.1) is 11.6 Å². The molecule has 0 radical (unpaired) electrons. The van der Waals surface area contributed by atoms with E-state index < -0.39 is 0 Å². The van der Waals surface area contributed by atoms with Crippen molar-refractivity contribution in [1.29, 1.82) is 0 Å². The summed E-state index contributed by atoms with van der Waals surface area (Å²) in [4.78, 5) is 16.1. The Morgan fingerprint density at radius 3 is 2.88 bits per heavy atom. The van der Waals surface area contributed by atoms with Crippen LogP contribution in [0.1, 0.15) is 17.4 Å². The highest BCUT2D eigenvalue weighted by molar-refractivity contribution is 5.95. The van der Waals surface area contributed by atoms with Crippen molar-refractivity contribution in [3.05, 3.63) is 42.1 Å². The van der Waals surface area contributed by atoms with Gasteiger partial charge in [0, 0.05) is 5.39 Å². The van der Waals surface area contributed by atoms with Gasteiger partial charge in [-0.1, -0.05) is 30.2 Å². The fraction of sp³-hybridized carbons (Fsp3) is 0.143. The first kappa shape index (κ1) is 11.2. The third-order valence-electron chi connectivity index (χ3n) is 2.43. The van der Waals surface area contributed by atoms with Crippen molar-refractivity contribution >= 4 is 16.8 Å². The Balaban J connectivity index is 2.31. The normalized spacial score (nSPS) is 11.8. The smallest absolute Gasteiger partial charge is 0.270 e. The number of nitrogens with zero attached hydrogens (tertiary/aromatic N) is 1. The number of fused-ring (bicyclic) bond motifs is 1. The summed E-state index contributed by atoms with van der Waals surface area (Å²) in [7, 11) is 0. The van der Waals surface area contributed by atoms with Crippen molar-refractivity contribution in [1.82, 2.24) is 10.3 Å². The molecule has 1 N–H and O–H groups in total. The number of benzene rings is 1. The van der Waals surface area contributed by atoms with Crippen LogP contribution in [0.25, 0.3) is 10.9 Å². The van der Waals surface area contributed by atoms with Gasteiger partial charge in [-0.3, -0.25) is 4.79 Å². The lowest BCUT2D eigenvalue weighted by atomic mass is 10.2. The number of aromatic nitrogens is 1. The summed E-state index contributed by atoms with van der Waals surface area (Å²) in [6.07, 6.45) is 5.20. The SMILES string of the molecule is C#CC(C)NC(=O)c1ccc2ccccc2n1. The minimum absolute atomic E-state index is 0.249. The highest BCUT2D eigenvalue weighted by atomic mass is 16.1. The van der Waals surface area contributed by atoms with Crippen molar-refractivity contribution in [3.63, 3.8) is 0 Å². The lowest BCUT2D eigenvalue weighted by Crippen LogP contribution is -2.31. The average molecular weight is 224 g/mol. The van der Waals surface area contributed by atoms with E-state index in [2.05, 4.69) is 16.2 Å². The fourth-order valence-electron chi connectivity index (χ4n) is 1.50. The van der Waals surface area contributed by atoms with Gasteiger partial charge in [0.1, 0.15) is 5.69 Å². The molecule has 0 fully saturated rings. The van der Waals surface area contributed by atoms with Crippen LogP contribution in [0.5, 0.6) is 0 Å². The zero-order chi connectivity index (χ0) is 12.3. The molecule has 0 aliphatic carbocycles. The quantitative estimate of drug-likeness (QED) is 0.792. The molecule has 1 atom stereocenters. The van der Waals surface area contributed by atoms with E-state index >= 15 is 0 Å². The molecule has 84 valence electrons. The molecule has 2 aromatic rings. The molecular formula is C14H12N2O. The Morgan fingerprint density at radius 2 is 2.12 bits per heavy atom. The van der Waals surface area contributed by atoms with Crippen molar-refractivity contribution < 1.29 is 4.79 Å². The van der Waals surface area contributed by atoms with Gasteiger partial charge in [0.2, 0.25) is 0 Å². The molecule has 0 aliphatic heterocycles. The van der Waals surface area contributed by atoms with Gasteiger partial charge in [0.15, 0.2) is 0 Å². The van der Waals surface area contributed by atoms with Crippen molar-refractivity contribution in [2.75, 3.05) is 0 Å². The van der Waals surface area contributed by atoms with Crippen molar-refractivity contribution in [2.24, 2.45) is 0 Å². The lowest BCUT2D eigenvalue weighted by molar-refractivity contribution is 0.0943. The first-order valence-electron chi connectivity index (χ1n) is 5.33. The highest BCUT2D eigenvalue weighted by Gasteiger charge is 2.09. The zero-order valence-electron chi connectivity index (χ0n) is 9.47. The maximum Gasteiger partial charge on any atom is 0.270 e. The van der Waals surface area contributed by atoms with Gasteiger partial charge in [-0.05, 0) is 19.1 Å². The molecule has 1 heterocycles. The summed E-state index contributed by atoms with van der Waals surface area (Å²) >= 11 is 0. The fourth-order valence-corrected chi connectivity index (χ4v) is 1.50. The molecule has 3 heteroatoms. The van der Waals surface area contributed by atoms with E-state index in [1.807, 2.05) is 30.3 Å². The van der Waals surface area contributed by atoms with Crippen LogP contribution in [0.15, 0.2) is 36.4 Å². The molecule has 2 rings (SSSR count). The van der Waals surface area contributed by atoms with E-state index in [1.165, 1.54) is 0 Å². The number of carbonyl (C=O) groups is 1. The summed E-state index contributed by atoms with van der Waals surface area (Å²) in [6.45, 7) is 1.75. The van der Waals surface area contributed by atoms with Crippen molar-refractivity contribution in [2.45, 2.75) is 13.0 Å². The monoisotopic (exact) mass is 224 g/mol. The summed E-state index contributed by atoms with van der Waals surface area (Å²) < 4.78 is 0. The second-order valence-corrected chi connectivity index (χ2v) is 3.75. The first-order valence-corrected chi connectivity index (χ1v) is 5.33. The molecule has 1 unspecified atom stereocenters. The highest BCUT2D eigenvalue weighted by Crippen LogP contribution is 2.11. The molecule has 17 heavy (non-hydrogen) atoms. The summed E-state index contributed by atoms with van der Waals surface area (Å²) in [5, 5.41) is 3.68. The minimum Gasteiger partial charge on any atom is -0.337 e. The molecule has 0 saturated heterocycles. The van der Waals surface area contributed by atoms with Crippen LogP contribution in [0.2, 0.25) is 0 Å². The van der Waals surface area contributed by atoms with Crippen LogP contribution in [0.4, 0.5) is 0 Å². The number of hydrogen-bond acceptors (Lipinski definition) is 2. The number of hydrogen-bond donors (Lipinski definition) is 1. The van der Waals surface area contributed by atoms with Crippen LogP contribution in [-0.4, -0.2) is 16.9 Å². The Morgan fingerprint density at radius 1 is 1.35 bits per heavy atom. The van der Waals surface area contributed by atoms with E-state index in [9.17, 15) is 4.79 Å². The van der Waals surface area contributed by atoms with Gasteiger partial charge < -0.3 is 5.32 Å². The van der Waals surface area contributed by atoms with E-state index in [0.717, 1.165) is 10.9 Å². The van der Waals surface area contributed by atoms with Gasteiger partial charge in [0.25, 0.3) is 5.91 Å². The van der Waals surface area contributed by atoms with Crippen LogP contribution in [0, 0.1) is 12.3 Å². The number of pyridine rings is 1. The number of carbonyl (C=O) groups excluding carboxylic acids is 1. The number of nitrogens with one attached hydrogen (secondary N) is 1. The third kappa shape index (κ3) is 2.43. The Hall–Kier alpha value is -2.34. The molecule has 0 bridgehead atoms. The Kier molecular flexibility index (Phi) is 3.06. The summed E-state index contributed by atoms with van der Waals surface area (Å²) in [6, 6.07) is 10.9.